The summed E-state index contributed by atoms with van der Waals surface area (Å²) in [4.78, 5) is 12.2. The molecule has 1 aromatic heterocycles. The molecule has 0 N–H and O–H groups in total. The van der Waals surface area contributed by atoms with Crippen LogP contribution in [0.15, 0.2) is 46.2 Å². The molecule has 0 aliphatic rings. The smallest absolute Gasteiger partial charge is 0.250 e. The van der Waals surface area contributed by atoms with Crippen molar-refractivity contribution >= 4 is 10.0 Å². The van der Waals surface area contributed by atoms with Gasteiger partial charge in [0.1, 0.15) is 12.4 Å². The minimum absolute atomic E-state index is 0.118. The van der Waals surface area contributed by atoms with Gasteiger partial charge in [-0.05, 0) is 31.0 Å². The van der Waals surface area contributed by atoms with Gasteiger partial charge >= 0.3 is 0 Å². The van der Waals surface area contributed by atoms with E-state index in [1.807, 2.05) is 32.0 Å². The van der Waals surface area contributed by atoms with Gasteiger partial charge in [-0.25, -0.2) is 8.42 Å². The first kappa shape index (κ1) is 20.2. The third-order valence-corrected chi connectivity index (χ3v) is 6.32. The fraction of sp³-hybridized carbons (Fsp3) is 0.421. The fourth-order valence-electron chi connectivity index (χ4n) is 2.82. The van der Waals surface area contributed by atoms with Gasteiger partial charge in [-0.15, -0.1) is 0 Å². The van der Waals surface area contributed by atoms with Crippen molar-refractivity contribution in [1.82, 2.24) is 8.87 Å². The van der Waals surface area contributed by atoms with Gasteiger partial charge in [0.25, 0.3) is 5.56 Å². The Balaban J connectivity index is 2.19. The van der Waals surface area contributed by atoms with Gasteiger partial charge in [0.15, 0.2) is 0 Å². The maximum atomic E-state index is 12.6. The SMILES string of the molecule is CCN(CC)S(=O)(=O)c1ccc(=O)n(CCOc2c(C)cccc2C)c1. The number of aryl methyl sites for hydroxylation is 2. The van der Waals surface area contributed by atoms with E-state index in [1.165, 1.54) is 27.2 Å². The lowest BCUT2D eigenvalue weighted by atomic mass is 10.1. The Morgan fingerprint density at radius 3 is 2.23 bits per heavy atom. The molecule has 0 amide bonds. The number of benzene rings is 1. The van der Waals surface area contributed by atoms with Crippen LogP contribution in [0.4, 0.5) is 0 Å². The minimum Gasteiger partial charge on any atom is -0.491 e. The Morgan fingerprint density at radius 1 is 1.04 bits per heavy atom. The van der Waals surface area contributed by atoms with E-state index in [0.717, 1.165) is 16.9 Å². The highest BCUT2D eigenvalue weighted by Gasteiger charge is 2.22. The van der Waals surface area contributed by atoms with E-state index in [-0.39, 0.29) is 23.6 Å². The van der Waals surface area contributed by atoms with Crippen LogP contribution in [0.25, 0.3) is 0 Å². The number of pyridine rings is 1. The molecule has 26 heavy (non-hydrogen) atoms. The predicted molar refractivity (Wildman–Crippen MR) is 102 cm³/mol. The summed E-state index contributed by atoms with van der Waals surface area (Å²) in [5.74, 6) is 0.799. The van der Waals surface area contributed by atoms with E-state index in [0.29, 0.717) is 13.1 Å². The summed E-state index contributed by atoms with van der Waals surface area (Å²) >= 11 is 0. The van der Waals surface area contributed by atoms with E-state index in [2.05, 4.69) is 0 Å². The van der Waals surface area contributed by atoms with Crippen LogP contribution < -0.4 is 10.3 Å². The molecule has 142 valence electrons. The second kappa shape index (κ2) is 8.51. The first-order valence-corrected chi connectivity index (χ1v) is 10.1. The second-order valence-corrected chi connectivity index (χ2v) is 7.99. The molecular formula is C19H26N2O4S. The average Bonchev–Trinajstić information content (AvgIpc) is 2.59. The lowest BCUT2D eigenvalue weighted by molar-refractivity contribution is 0.292. The number of sulfonamides is 1. The number of hydrogen-bond acceptors (Lipinski definition) is 4. The van der Waals surface area contributed by atoms with Gasteiger partial charge in [0.05, 0.1) is 11.4 Å². The summed E-state index contributed by atoms with van der Waals surface area (Å²) in [6.07, 6.45) is 1.39. The molecule has 0 unspecified atom stereocenters. The maximum absolute atomic E-state index is 12.6. The normalized spacial score (nSPS) is 11.7. The summed E-state index contributed by atoms with van der Waals surface area (Å²) < 4.78 is 33.8. The summed E-state index contributed by atoms with van der Waals surface area (Å²) in [6, 6.07) is 8.54. The first-order valence-electron chi connectivity index (χ1n) is 8.71. The number of hydrogen-bond donors (Lipinski definition) is 0. The van der Waals surface area contributed by atoms with Crippen LogP contribution in [-0.4, -0.2) is 37.0 Å². The molecular weight excluding hydrogens is 352 g/mol. The van der Waals surface area contributed by atoms with Gasteiger partial charge in [-0.1, -0.05) is 32.0 Å². The zero-order valence-electron chi connectivity index (χ0n) is 15.7. The van der Waals surface area contributed by atoms with Crippen molar-refractivity contribution in [2.24, 2.45) is 0 Å². The summed E-state index contributed by atoms with van der Waals surface area (Å²) in [7, 11) is -3.60. The number of ether oxygens (including phenoxy) is 1. The number of nitrogens with zero attached hydrogens (tertiary/aromatic N) is 2. The molecule has 6 nitrogen and oxygen atoms in total. The second-order valence-electron chi connectivity index (χ2n) is 6.06. The molecule has 0 aliphatic carbocycles. The number of rotatable bonds is 8. The summed E-state index contributed by atoms with van der Waals surface area (Å²) in [6.45, 7) is 8.82. The first-order chi connectivity index (χ1) is 12.3. The van der Waals surface area contributed by atoms with Gasteiger partial charge < -0.3 is 9.30 Å². The van der Waals surface area contributed by atoms with Crippen molar-refractivity contribution in [3.05, 3.63) is 58.0 Å². The maximum Gasteiger partial charge on any atom is 0.250 e. The molecule has 0 saturated carbocycles. The topological polar surface area (TPSA) is 68.6 Å². The van der Waals surface area contributed by atoms with Crippen LogP contribution in [0, 0.1) is 13.8 Å². The van der Waals surface area contributed by atoms with Gasteiger partial charge in [0.2, 0.25) is 10.0 Å². The van der Waals surface area contributed by atoms with Crippen LogP contribution in [0.3, 0.4) is 0 Å². The monoisotopic (exact) mass is 378 g/mol. The Labute approximate surface area is 155 Å². The zero-order chi connectivity index (χ0) is 19.3. The van der Waals surface area contributed by atoms with E-state index in [4.69, 9.17) is 4.74 Å². The molecule has 2 aromatic rings. The highest BCUT2D eigenvalue weighted by Crippen LogP contribution is 2.22. The Bertz CT molecular complexity index is 895. The standard InChI is InChI=1S/C19H26N2O4S/c1-5-21(6-2)26(23,24)17-10-11-18(22)20(14-17)12-13-25-19-15(3)8-7-9-16(19)4/h7-11,14H,5-6,12-13H2,1-4H3. The highest BCUT2D eigenvalue weighted by molar-refractivity contribution is 7.89. The summed E-state index contributed by atoms with van der Waals surface area (Å²) in [5.41, 5.74) is 1.79. The van der Waals surface area contributed by atoms with Gasteiger partial charge in [-0.2, -0.15) is 4.31 Å². The third-order valence-electron chi connectivity index (χ3n) is 4.29. The van der Waals surface area contributed by atoms with Crippen molar-refractivity contribution in [3.8, 4) is 5.75 Å². The van der Waals surface area contributed by atoms with Gasteiger partial charge in [-0.3, -0.25) is 4.79 Å². The van der Waals surface area contributed by atoms with Crippen molar-refractivity contribution in [1.29, 1.82) is 0 Å². The summed E-state index contributed by atoms with van der Waals surface area (Å²) in [5, 5.41) is 0. The number of para-hydroxylation sites is 1. The van der Waals surface area contributed by atoms with Crippen LogP contribution in [0.5, 0.6) is 5.75 Å². The predicted octanol–water partition coefficient (Wildman–Crippen LogP) is 2.57. The molecule has 0 atom stereocenters. The van der Waals surface area contributed by atoms with E-state index in [1.54, 1.807) is 13.8 Å². The quantitative estimate of drug-likeness (QED) is 0.708. The molecule has 1 aromatic carbocycles. The lowest BCUT2D eigenvalue weighted by Gasteiger charge is -2.19. The third kappa shape index (κ3) is 4.34. The molecule has 0 aliphatic heterocycles. The van der Waals surface area contributed by atoms with E-state index in [9.17, 15) is 13.2 Å². The number of aromatic nitrogens is 1. The van der Waals surface area contributed by atoms with Crippen molar-refractivity contribution in [2.45, 2.75) is 39.1 Å². The van der Waals surface area contributed by atoms with Crippen LogP contribution in [0.1, 0.15) is 25.0 Å². The molecule has 0 radical (unpaired) electrons. The molecule has 1 heterocycles. The molecule has 0 bridgehead atoms. The average molecular weight is 378 g/mol. The molecule has 2 rings (SSSR count). The minimum atomic E-state index is -3.60. The fourth-order valence-corrected chi connectivity index (χ4v) is 4.30. The van der Waals surface area contributed by atoms with Crippen LogP contribution >= 0.6 is 0 Å². The Hall–Kier alpha value is -2.12. The molecule has 0 spiro atoms. The molecule has 0 saturated heterocycles. The highest BCUT2D eigenvalue weighted by atomic mass is 32.2. The molecule has 7 heteroatoms. The molecule has 0 fully saturated rings. The van der Waals surface area contributed by atoms with Crippen LogP contribution in [-0.2, 0) is 16.6 Å². The van der Waals surface area contributed by atoms with E-state index >= 15 is 0 Å². The van der Waals surface area contributed by atoms with Crippen molar-refractivity contribution < 1.29 is 13.2 Å². The Morgan fingerprint density at radius 2 is 1.65 bits per heavy atom. The largest absolute Gasteiger partial charge is 0.491 e. The van der Waals surface area contributed by atoms with Crippen LogP contribution in [0.2, 0.25) is 0 Å². The Kier molecular flexibility index (Phi) is 6.61. The van der Waals surface area contributed by atoms with Crippen molar-refractivity contribution in [3.63, 3.8) is 0 Å². The van der Waals surface area contributed by atoms with Crippen molar-refractivity contribution in [2.75, 3.05) is 19.7 Å². The van der Waals surface area contributed by atoms with E-state index < -0.39 is 10.0 Å². The zero-order valence-corrected chi connectivity index (χ0v) is 16.5. The lowest BCUT2D eigenvalue weighted by Crippen LogP contribution is -2.32. The van der Waals surface area contributed by atoms with Gasteiger partial charge in [0, 0.05) is 25.4 Å².